The van der Waals surface area contributed by atoms with Crippen LogP contribution in [0.3, 0.4) is 0 Å². The zero-order valence-electron chi connectivity index (χ0n) is 11.0. The molecule has 2 rings (SSSR count). The van der Waals surface area contributed by atoms with Crippen molar-refractivity contribution in [2.24, 2.45) is 5.41 Å². The number of hydrogen-bond donors (Lipinski definition) is 2. The number of rotatable bonds is 5. The Hall–Kier alpha value is -2.18. The number of carboxylic acid groups (broad SMARTS) is 1. The Morgan fingerprint density at radius 1 is 1.55 bits per heavy atom. The van der Waals surface area contributed by atoms with Crippen LogP contribution < -0.4 is 5.32 Å². The number of hydrogen-bond acceptors (Lipinski definition) is 4. The largest absolute Gasteiger partial charge is 0.481 e. The molecule has 6 nitrogen and oxygen atoms in total. The summed E-state index contributed by atoms with van der Waals surface area (Å²) >= 11 is 0. The van der Waals surface area contributed by atoms with Gasteiger partial charge >= 0.3 is 5.97 Å². The molecule has 1 aromatic rings. The molecule has 0 bridgehead atoms. The summed E-state index contributed by atoms with van der Waals surface area (Å²) in [6.07, 6.45) is 1.92. The van der Waals surface area contributed by atoms with E-state index in [0.29, 0.717) is 12.8 Å². The van der Waals surface area contributed by atoms with Crippen LogP contribution in [0.5, 0.6) is 0 Å². The molecule has 0 radical (unpaired) electrons. The third-order valence-electron chi connectivity index (χ3n) is 3.86. The van der Waals surface area contributed by atoms with Crippen LogP contribution in [0.2, 0.25) is 0 Å². The standard InChI is InChI=1S/C13H15FN2O4/c1-8-5-10(11(16(19)20)6-9(8)14)15-7-13(12(17)18)3-2-4-13/h5-6,15H,2-4,7H2,1H3,(H,17,18). The summed E-state index contributed by atoms with van der Waals surface area (Å²) in [5.74, 6) is -1.56. The van der Waals surface area contributed by atoms with Crippen molar-refractivity contribution in [1.29, 1.82) is 0 Å². The molecule has 0 aliphatic heterocycles. The van der Waals surface area contributed by atoms with E-state index in [1.807, 2.05) is 0 Å². The number of aliphatic carboxylic acids is 1. The quantitative estimate of drug-likeness (QED) is 0.639. The highest BCUT2D eigenvalue weighted by atomic mass is 19.1. The van der Waals surface area contributed by atoms with E-state index in [4.69, 9.17) is 0 Å². The van der Waals surface area contributed by atoms with E-state index >= 15 is 0 Å². The van der Waals surface area contributed by atoms with Gasteiger partial charge in [0.1, 0.15) is 11.5 Å². The van der Waals surface area contributed by atoms with Crippen LogP contribution in [0.25, 0.3) is 0 Å². The third-order valence-corrected chi connectivity index (χ3v) is 3.86. The molecular formula is C13H15FN2O4. The Kier molecular flexibility index (Phi) is 3.61. The van der Waals surface area contributed by atoms with Gasteiger partial charge in [0.25, 0.3) is 5.69 Å². The Bertz CT molecular complexity index is 570. The lowest BCUT2D eigenvalue weighted by Crippen LogP contribution is -2.43. The number of nitrogens with one attached hydrogen (secondary N) is 1. The van der Waals surface area contributed by atoms with Gasteiger partial charge in [-0.3, -0.25) is 14.9 Å². The van der Waals surface area contributed by atoms with E-state index in [9.17, 15) is 24.4 Å². The molecule has 1 saturated carbocycles. The SMILES string of the molecule is Cc1cc(NCC2(C(=O)O)CCC2)c([N+](=O)[O-])cc1F. The number of aryl methyl sites for hydroxylation is 1. The van der Waals surface area contributed by atoms with Gasteiger partial charge in [-0.05, 0) is 31.4 Å². The Labute approximate surface area is 114 Å². The molecule has 0 spiro atoms. The average molecular weight is 282 g/mol. The molecule has 108 valence electrons. The lowest BCUT2D eigenvalue weighted by molar-refractivity contribution is -0.384. The zero-order chi connectivity index (χ0) is 14.9. The van der Waals surface area contributed by atoms with Gasteiger partial charge in [-0.25, -0.2) is 4.39 Å². The molecule has 0 unspecified atom stereocenters. The molecule has 1 fully saturated rings. The molecule has 2 N–H and O–H groups in total. The third kappa shape index (κ3) is 2.43. The first-order valence-corrected chi connectivity index (χ1v) is 6.27. The number of carbonyl (C=O) groups is 1. The average Bonchev–Trinajstić information content (AvgIpc) is 2.30. The fraction of sp³-hybridized carbons (Fsp3) is 0.462. The van der Waals surface area contributed by atoms with E-state index in [0.717, 1.165) is 12.5 Å². The summed E-state index contributed by atoms with van der Waals surface area (Å²) in [6, 6.07) is 2.19. The lowest BCUT2D eigenvalue weighted by atomic mass is 9.69. The smallest absolute Gasteiger partial charge is 0.311 e. The number of anilines is 1. The van der Waals surface area contributed by atoms with Gasteiger partial charge in [-0.2, -0.15) is 0 Å². The fourth-order valence-corrected chi connectivity index (χ4v) is 2.30. The normalized spacial score (nSPS) is 16.3. The maximum atomic E-state index is 13.4. The van der Waals surface area contributed by atoms with Crippen LogP contribution >= 0.6 is 0 Å². The van der Waals surface area contributed by atoms with Gasteiger partial charge < -0.3 is 10.4 Å². The molecule has 20 heavy (non-hydrogen) atoms. The number of nitro groups is 1. The number of halogens is 1. The first-order chi connectivity index (χ1) is 9.35. The Balaban J connectivity index is 2.23. The lowest BCUT2D eigenvalue weighted by Gasteiger charge is -2.37. The van der Waals surface area contributed by atoms with Crippen LogP contribution in [0, 0.1) is 28.3 Å². The second-order valence-corrected chi connectivity index (χ2v) is 5.17. The van der Waals surface area contributed by atoms with Crippen molar-refractivity contribution in [2.75, 3.05) is 11.9 Å². The molecule has 0 heterocycles. The number of carboxylic acids is 1. The number of nitro benzene ring substituents is 1. The molecule has 1 aliphatic rings. The molecule has 7 heteroatoms. The number of benzene rings is 1. The first-order valence-electron chi connectivity index (χ1n) is 6.27. The minimum Gasteiger partial charge on any atom is -0.481 e. The summed E-state index contributed by atoms with van der Waals surface area (Å²) in [4.78, 5) is 21.5. The summed E-state index contributed by atoms with van der Waals surface area (Å²) in [6.45, 7) is 1.61. The van der Waals surface area contributed by atoms with Crippen molar-refractivity contribution in [2.45, 2.75) is 26.2 Å². The summed E-state index contributed by atoms with van der Waals surface area (Å²) in [5.41, 5.74) is -0.818. The van der Waals surface area contributed by atoms with Crippen molar-refractivity contribution in [3.05, 3.63) is 33.6 Å². The highest BCUT2D eigenvalue weighted by Gasteiger charge is 2.44. The molecule has 0 atom stereocenters. The highest BCUT2D eigenvalue weighted by Crippen LogP contribution is 2.41. The van der Waals surface area contributed by atoms with Crippen molar-refractivity contribution < 1.29 is 19.2 Å². The molecule has 0 amide bonds. The molecule has 0 saturated heterocycles. The van der Waals surface area contributed by atoms with Crippen LogP contribution in [-0.4, -0.2) is 22.5 Å². The van der Waals surface area contributed by atoms with Crippen LogP contribution in [0.4, 0.5) is 15.8 Å². The maximum absolute atomic E-state index is 13.4. The minimum absolute atomic E-state index is 0.105. The topological polar surface area (TPSA) is 92.5 Å². The summed E-state index contributed by atoms with van der Waals surface area (Å²) in [7, 11) is 0. The van der Waals surface area contributed by atoms with E-state index in [-0.39, 0.29) is 23.5 Å². The van der Waals surface area contributed by atoms with Gasteiger partial charge in [0.05, 0.1) is 16.4 Å². The predicted molar refractivity (Wildman–Crippen MR) is 70.2 cm³/mol. The highest BCUT2D eigenvalue weighted by molar-refractivity contribution is 5.77. The van der Waals surface area contributed by atoms with Gasteiger partial charge in [0, 0.05) is 6.54 Å². The first kappa shape index (κ1) is 14.2. The molecule has 1 aliphatic carbocycles. The zero-order valence-corrected chi connectivity index (χ0v) is 11.0. The van der Waals surface area contributed by atoms with Crippen LogP contribution in [0.15, 0.2) is 12.1 Å². The molecule has 0 aromatic heterocycles. The fourth-order valence-electron chi connectivity index (χ4n) is 2.30. The van der Waals surface area contributed by atoms with E-state index in [1.54, 1.807) is 0 Å². The van der Waals surface area contributed by atoms with Gasteiger partial charge in [-0.15, -0.1) is 0 Å². The van der Waals surface area contributed by atoms with E-state index in [1.165, 1.54) is 13.0 Å². The van der Waals surface area contributed by atoms with Gasteiger partial charge in [0.15, 0.2) is 0 Å². The van der Waals surface area contributed by atoms with Crippen LogP contribution in [-0.2, 0) is 4.79 Å². The summed E-state index contributed by atoms with van der Waals surface area (Å²) in [5, 5.41) is 22.9. The van der Waals surface area contributed by atoms with E-state index < -0.39 is 22.1 Å². The van der Waals surface area contributed by atoms with Crippen molar-refractivity contribution >= 4 is 17.3 Å². The van der Waals surface area contributed by atoms with Crippen molar-refractivity contribution in [3.63, 3.8) is 0 Å². The predicted octanol–water partition coefficient (Wildman–Crippen LogP) is 2.71. The van der Waals surface area contributed by atoms with Gasteiger partial charge in [0.2, 0.25) is 0 Å². The Morgan fingerprint density at radius 2 is 2.20 bits per heavy atom. The van der Waals surface area contributed by atoms with E-state index in [2.05, 4.69) is 5.32 Å². The van der Waals surface area contributed by atoms with Crippen LogP contribution in [0.1, 0.15) is 24.8 Å². The Morgan fingerprint density at radius 3 is 2.65 bits per heavy atom. The molecular weight excluding hydrogens is 267 g/mol. The van der Waals surface area contributed by atoms with Crippen molar-refractivity contribution in [1.82, 2.24) is 0 Å². The van der Waals surface area contributed by atoms with Gasteiger partial charge in [-0.1, -0.05) is 6.42 Å². The maximum Gasteiger partial charge on any atom is 0.311 e. The second-order valence-electron chi connectivity index (χ2n) is 5.17. The molecule has 1 aromatic carbocycles. The second kappa shape index (κ2) is 5.07. The van der Waals surface area contributed by atoms with Crippen molar-refractivity contribution in [3.8, 4) is 0 Å². The minimum atomic E-state index is -0.905. The number of nitrogens with zero attached hydrogens (tertiary/aromatic N) is 1. The summed E-state index contributed by atoms with van der Waals surface area (Å²) < 4.78 is 13.4. The monoisotopic (exact) mass is 282 g/mol.